The lowest BCUT2D eigenvalue weighted by molar-refractivity contribution is -0.137. The second-order valence-corrected chi connectivity index (χ2v) is 5.06. The van der Waals surface area contributed by atoms with Gasteiger partial charge in [0.15, 0.2) is 0 Å². The van der Waals surface area contributed by atoms with Crippen molar-refractivity contribution >= 4 is 22.9 Å². The zero-order valence-electron chi connectivity index (χ0n) is 9.78. The van der Waals surface area contributed by atoms with E-state index in [2.05, 4.69) is 4.98 Å². The van der Waals surface area contributed by atoms with Gasteiger partial charge in [0.25, 0.3) is 0 Å². The van der Waals surface area contributed by atoms with E-state index in [1.54, 1.807) is 6.92 Å². The largest absolute Gasteiger partial charge is 0.416 e. The number of ketones is 1. The van der Waals surface area contributed by atoms with Crippen molar-refractivity contribution in [3.8, 4) is 0 Å². The molecule has 2 aromatic rings. The monoisotopic (exact) mass is 286 g/mol. The van der Waals surface area contributed by atoms with Crippen LogP contribution in [0.4, 0.5) is 19.0 Å². The number of thiazole rings is 1. The van der Waals surface area contributed by atoms with Gasteiger partial charge in [0.05, 0.1) is 10.6 Å². The summed E-state index contributed by atoms with van der Waals surface area (Å²) in [4.78, 5) is 16.1. The number of anilines is 1. The molecule has 0 aliphatic rings. The Morgan fingerprint density at radius 3 is 2.58 bits per heavy atom. The van der Waals surface area contributed by atoms with Crippen molar-refractivity contribution in [1.29, 1.82) is 0 Å². The van der Waals surface area contributed by atoms with Crippen LogP contribution in [0.25, 0.3) is 0 Å². The first-order valence-corrected chi connectivity index (χ1v) is 6.05. The molecule has 3 nitrogen and oxygen atoms in total. The number of hydrogen-bond acceptors (Lipinski definition) is 4. The van der Waals surface area contributed by atoms with Gasteiger partial charge in [0.2, 0.25) is 5.78 Å². The van der Waals surface area contributed by atoms with Gasteiger partial charge in [-0.25, -0.2) is 4.98 Å². The van der Waals surface area contributed by atoms with Crippen LogP contribution in [0.3, 0.4) is 0 Å². The van der Waals surface area contributed by atoms with E-state index in [1.807, 2.05) is 0 Å². The van der Waals surface area contributed by atoms with E-state index in [-0.39, 0.29) is 16.3 Å². The number of aromatic nitrogens is 1. The maximum atomic E-state index is 12.6. The third-order valence-electron chi connectivity index (χ3n) is 2.42. The van der Waals surface area contributed by atoms with Crippen molar-refractivity contribution in [3.63, 3.8) is 0 Å². The fourth-order valence-corrected chi connectivity index (χ4v) is 2.37. The van der Waals surface area contributed by atoms with E-state index >= 15 is 0 Å². The van der Waals surface area contributed by atoms with Gasteiger partial charge in [-0.1, -0.05) is 12.1 Å². The maximum Gasteiger partial charge on any atom is 0.416 e. The second-order valence-electron chi connectivity index (χ2n) is 3.85. The minimum atomic E-state index is -4.48. The summed E-state index contributed by atoms with van der Waals surface area (Å²) < 4.78 is 37.7. The Morgan fingerprint density at radius 2 is 2.05 bits per heavy atom. The van der Waals surface area contributed by atoms with Crippen LogP contribution < -0.4 is 5.73 Å². The van der Waals surface area contributed by atoms with Crippen LogP contribution in [-0.2, 0) is 6.18 Å². The first-order valence-electron chi connectivity index (χ1n) is 5.24. The summed E-state index contributed by atoms with van der Waals surface area (Å²) in [5, 5.41) is 0.591. The van der Waals surface area contributed by atoms with Gasteiger partial charge in [0.1, 0.15) is 10.7 Å². The normalized spacial score (nSPS) is 11.6. The first-order chi connectivity index (χ1) is 8.79. The molecule has 0 atom stereocenters. The zero-order chi connectivity index (χ0) is 14.2. The molecule has 2 rings (SSSR count). The molecule has 2 N–H and O–H groups in total. The Labute approximate surface area is 110 Å². The van der Waals surface area contributed by atoms with Gasteiger partial charge in [-0.05, 0) is 19.1 Å². The minimum absolute atomic E-state index is 0.0462. The Bertz CT molecular complexity index is 634. The van der Waals surface area contributed by atoms with Gasteiger partial charge >= 0.3 is 6.18 Å². The van der Waals surface area contributed by atoms with E-state index in [9.17, 15) is 18.0 Å². The average molecular weight is 286 g/mol. The number of nitrogens with two attached hydrogens (primary N) is 1. The van der Waals surface area contributed by atoms with Crippen molar-refractivity contribution in [2.45, 2.75) is 13.1 Å². The van der Waals surface area contributed by atoms with Gasteiger partial charge in [0, 0.05) is 5.56 Å². The molecule has 0 fully saturated rings. The predicted molar refractivity (Wildman–Crippen MR) is 66.1 cm³/mol. The molecule has 0 spiro atoms. The van der Waals surface area contributed by atoms with Gasteiger partial charge < -0.3 is 5.73 Å². The van der Waals surface area contributed by atoms with E-state index in [1.165, 1.54) is 12.1 Å². The topological polar surface area (TPSA) is 56.0 Å². The number of nitrogens with zero attached hydrogens (tertiary/aromatic N) is 1. The summed E-state index contributed by atoms with van der Waals surface area (Å²) in [7, 11) is 0. The lowest BCUT2D eigenvalue weighted by Crippen LogP contribution is -2.08. The molecule has 0 aliphatic heterocycles. The fourth-order valence-electron chi connectivity index (χ4n) is 1.57. The SMILES string of the molecule is Cc1nc(N)c(C(=O)c2cccc(C(F)(F)F)c2)s1. The highest BCUT2D eigenvalue weighted by Crippen LogP contribution is 2.31. The van der Waals surface area contributed by atoms with Crippen LogP contribution >= 0.6 is 11.3 Å². The predicted octanol–water partition coefficient (Wildman–Crippen LogP) is 3.28. The van der Waals surface area contributed by atoms with Gasteiger partial charge in [-0.2, -0.15) is 13.2 Å². The maximum absolute atomic E-state index is 12.6. The third-order valence-corrected chi connectivity index (χ3v) is 3.40. The molecule has 0 aliphatic carbocycles. The summed E-state index contributed by atoms with van der Waals surface area (Å²) in [5.74, 6) is -0.501. The molecule has 1 aromatic carbocycles. The molecule has 1 aromatic heterocycles. The second kappa shape index (κ2) is 4.65. The summed E-state index contributed by atoms with van der Waals surface area (Å²) in [5.41, 5.74) is 4.65. The number of benzene rings is 1. The molecule has 0 saturated carbocycles. The van der Waals surface area contributed by atoms with Crippen LogP contribution in [0.2, 0.25) is 0 Å². The number of alkyl halides is 3. The molecule has 100 valence electrons. The fraction of sp³-hybridized carbons (Fsp3) is 0.167. The Hall–Kier alpha value is -1.89. The molecule has 0 amide bonds. The number of carbonyl (C=O) groups is 1. The van der Waals surface area contributed by atoms with Crippen LogP contribution in [0.5, 0.6) is 0 Å². The molecular weight excluding hydrogens is 277 g/mol. The Morgan fingerprint density at radius 1 is 1.37 bits per heavy atom. The quantitative estimate of drug-likeness (QED) is 0.862. The molecule has 0 radical (unpaired) electrons. The van der Waals surface area contributed by atoms with E-state index in [0.29, 0.717) is 5.01 Å². The van der Waals surface area contributed by atoms with Crippen molar-refractivity contribution < 1.29 is 18.0 Å². The summed E-state index contributed by atoms with van der Waals surface area (Å²) >= 11 is 1.06. The van der Waals surface area contributed by atoms with Crippen molar-refractivity contribution in [1.82, 2.24) is 4.98 Å². The van der Waals surface area contributed by atoms with Crippen molar-refractivity contribution in [2.75, 3.05) is 5.73 Å². The molecule has 1 heterocycles. The standard InChI is InChI=1S/C12H9F3N2OS/c1-6-17-11(16)10(19-6)9(18)7-3-2-4-8(5-7)12(13,14)15/h2-5H,16H2,1H3. The number of rotatable bonds is 2. The van der Waals surface area contributed by atoms with E-state index < -0.39 is 17.5 Å². The smallest absolute Gasteiger partial charge is 0.382 e. The molecule has 19 heavy (non-hydrogen) atoms. The van der Waals surface area contributed by atoms with Crippen LogP contribution in [0.1, 0.15) is 25.8 Å². The number of aryl methyl sites for hydroxylation is 1. The molecular formula is C12H9F3N2OS. The summed E-state index contributed by atoms with van der Waals surface area (Å²) in [6, 6.07) is 4.25. The van der Waals surface area contributed by atoms with Crippen LogP contribution in [0, 0.1) is 6.92 Å². The zero-order valence-corrected chi connectivity index (χ0v) is 10.6. The number of carbonyl (C=O) groups excluding carboxylic acids is 1. The molecule has 0 unspecified atom stereocenters. The van der Waals surface area contributed by atoms with Crippen molar-refractivity contribution in [2.24, 2.45) is 0 Å². The first kappa shape index (κ1) is 13.5. The van der Waals surface area contributed by atoms with E-state index in [4.69, 9.17) is 5.73 Å². The summed E-state index contributed by atoms with van der Waals surface area (Å²) in [6.07, 6.45) is -4.48. The Kier molecular flexibility index (Phi) is 3.32. The van der Waals surface area contributed by atoms with Crippen molar-refractivity contribution in [3.05, 3.63) is 45.3 Å². The number of halogens is 3. The number of hydrogen-bond donors (Lipinski definition) is 1. The minimum Gasteiger partial charge on any atom is -0.382 e. The highest BCUT2D eigenvalue weighted by molar-refractivity contribution is 7.14. The van der Waals surface area contributed by atoms with Crippen LogP contribution in [0.15, 0.2) is 24.3 Å². The molecule has 0 saturated heterocycles. The molecule has 7 heteroatoms. The highest BCUT2D eigenvalue weighted by atomic mass is 32.1. The third kappa shape index (κ3) is 2.76. The van der Waals surface area contributed by atoms with E-state index in [0.717, 1.165) is 23.5 Å². The highest BCUT2D eigenvalue weighted by Gasteiger charge is 2.31. The molecule has 0 bridgehead atoms. The average Bonchev–Trinajstić information content (AvgIpc) is 2.66. The van der Waals surface area contributed by atoms with Crippen LogP contribution in [-0.4, -0.2) is 10.8 Å². The lowest BCUT2D eigenvalue weighted by atomic mass is 10.1. The summed E-state index contributed by atoms with van der Waals surface area (Å²) in [6.45, 7) is 1.67. The lowest BCUT2D eigenvalue weighted by Gasteiger charge is -2.07. The van der Waals surface area contributed by atoms with Gasteiger partial charge in [-0.15, -0.1) is 11.3 Å². The Balaban J connectivity index is 2.43. The van der Waals surface area contributed by atoms with Gasteiger partial charge in [-0.3, -0.25) is 4.79 Å². The number of nitrogen functional groups attached to an aromatic ring is 1.